The fraction of sp³-hybridized carbons (Fsp3) is 0.480. The maximum absolute atomic E-state index is 13.0. The number of piperidine rings is 2. The van der Waals surface area contributed by atoms with E-state index in [4.69, 9.17) is 0 Å². The number of hydrogen-bond acceptors (Lipinski definition) is 4. The molecule has 0 atom stereocenters. The molecule has 0 unspecified atom stereocenters. The Morgan fingerprint density at radius 3 is 2.16 bits per heavy atom. The molecule has 1 amide bonds. The van der Waals surface area contributed by atoms with Gasteiger partial charge >= 0.3 is 0 Å². The predicted octanol–water partition coefficient (Wildman–Crippen LogP) is 3.74. The highest BCUT2D eigenvalue weighted by atomic mass is 32.2. The van der Waals surface area contributed by atoms with E-state index in [0.29, 0.717) is 37.4 Å². The summed E-state index contributed by atoms with van der Waals surface area (Å²) in [7, 11) is -1.65. The van der Waals surface area contributed by atoms with Gasteiger partial charge in [0.15, 0.2) is 0 Å². The largest absolute Gasteiger partial charge is 0.372 e. The molecule has 2 aromatic rings. The molecule has 2 fully saturated rings. The lowest BCUT2D eigenvalue weighted by atomic mass is 9.96. The van der Waals surface area contributed by atoms with Gasteiger partial charge in [-0.05, 0) is 61.9 Å². The lowest BCUT2D eigenvalue weighted by Crippen LogP contribution is -2.43. The first-order chi connectivity index (χ1) is 15.4. The fourth-order valence-electron chi connectivity index (χ4n) is 4.71. The van der Waals surface area contributed by atoms with Gasteiger partial charge in [0.05, 0.1) is 4.90 Å². The summed E-state index contributed by atoms with van der Waals surface area (Å²) >= 11 is 0. The van der Waals surface area contributed by atoms with E-state index in [1.807, 2.05) is 7.05 Å². The highest BCUT2D eigenvalue weighted by molar-refractivity contribution is 7.89. The number of nitrogens with zero attached hydrogens (tertiary/aromatic N) is 3. The van der Waals surface area contributed by atoms with Crippen molar-refractivity contribution in [1.29, 1.82) is 0 Å². The van der Waals surface area contributed by atoms with Gasteiger partial charge in [0.1, 0.15) is 0 Å². The fourth-order valence-corrected chi connectivity index (χ4v) is 6.20. The number of sulfonamides is 1. The molecule has 32 heavy (non-hydrogen) atoms. The normalized spacial score (nSPS) is 18.5. The summed E-state index contributed by atoms with van der Waals surface area (Å²) in [6.07, 6.45) is 4.94. The van der Waals surface area contributed by atoms with Gasteiger partial charge in [-0.15, -0.1) is 0 Å². The molecule has 0 radical (unpaired) electrons. The van der Waals surface area contributed by atoms with Crippen molar-refractivity contribution in [2.75, 3.05) is 38.1 Å². The molecule has 4 rings (SSSR count). The Kier molecular flexibility index (Phi) is 7.16. The van der Waals surface area contributed by atoms with E-state index in [0.717, 1.165) is 18.7 Å². The zero-order valence-electron chi connectivity index (χ0n) is 18.8. The topological polar surface area (TPSA) is 60.9 Å². The second kappa shape index (κ2) is 10.0. The Morgan fingerprint density at radius 1 is 0.906 bits per heavy atom. The van der Waals surface area contributed by atoms with Gasteiger partial charge in [0, 0.05) is 51.4 Å². The third kappa shape index (κ3) is 5.15. The summed E-state index contributed by atoms with van der Waals surface area (Å²) in [5, 5.41) is 0. The van der Waals surface area contributed by atoms with Gasteiger partial charge < -0.3 is 9.80 Å². The molecule has 0 aliphatic carbocycles. The van der Waals surface area contributed by atoms with E-state index >= 15 is 0 Å². The molecule has 7 heteroatoms. The smallest absolute Gasteiger partial charge is 0.243 e. The Balaban J connectivity index is 1.30. The van der Waals surface area contributed by atoms with E-state index < -0.39 is 10.0 Å². The molecule has 172 valence electrons. The minimum Gasteiger partial charge on any atom is -0.372 e. The molecular weight excluding hydrogens is 422 g/mol. The molecule has 2 aliphatic heterocycles. The van der Waals surface area contributed by atoms with Gasteiger partial charge in [0.2, 0.25) is 15.9 Å². The van der Waals surface area contributed by atoms with Crippen LogP contribution < -0.4 is 4.90 Å². The van der Waals surface area contributed by atoms with Crippen LogP contribution in [0.25, 0.3) is 0 Å². The Morgan fingerprint density at radius 2 is 1.53 bits per heavy atom. The average Bonchev–Trinajstić information content (AvgIpc) is 2.85. The molecule has 2 heterocycles. The van der Waals surface area contributed by atoms with Gasteiger partial charge in [-0.2, -0.15) is 4.31 Å². The number of rotatable bonds is 6. The van der Waals surface area contributed by atoms with Gasteiger partial charge in [-0.25, -0.2) is 8.42 Å². The first kappa shape index (κ1) is 22.8. The summed E-state index contributed by atoms with van der Waals surface area (Å²) in [5.41, 5.74) is 2.38. The molecule has 0 spiro atoms. The minimum absolute atomic E-state index is 0.0990. The second-order valence-corrected chi connectivity index (χ2v) is 10.8. The van der Waals surface area contributed by atoms with Crippen molar-refractivity contribution in [3.05, 3.63) is 60.2 Å². The standard InChI is InChI=1S/C25H33N3O3S/c1-26(20-21-10-12-23(13-11-21)27-16-6-3-7-17-27)25(29)22-14-18-28(19-15-22)32(30,31)24-8-4-2-5-9-24/h2,4-5,8-13,22H,3,6-7,14-20H2,1H3. The highest BCUT2D eigenvalue weighted by Gasteiger charge is 2.33. The third-order valence-electron chi connectivity index (χ3n) is 6.64. The van der Waals surface area contributed by atoms with Crippen LogP contribution in [0.15, 0.2) is 59.5 Å². The lowest BCUT2D eigenvalue weighted by Gasteiger charge is -2.32. The van der Waals surface area contributed by atoms with Crippen LogP contribution in [0, 0.1) is 5.92 Å². The summed E-state index contributed by atoms with van der Waals surface area (Å²) in [4.78, 5) is 17.5. The Hall–Kier alpha value is -2.38. The molecule has 2 aliphatic rings. The number of benzene rings is 2. The average molecular weight is 456 g/mol. The van der Waals surface area contributed by atoms with Crippen LogP contribution in [-0.2, 0) is 21.4 Å². The van der Waals surface area contributed by atoms with Crippen LogP contribution >= 0.6 is 0 Å². The molecule has 0 aromatic heterocycles. The van der Waals surface area contributed by atoms with Crippen molar-refractivity contribution in [2.24, 2.45) is 5.92 Å². The van der Waals surface area contributed by atoms with Crippen LogP contribution in [0.5, 0.6) is 0 Å². The first-order valence-electron chi connectivity index (χ1n) is 11.6. The van der Waals surface area contributed by atoms with Crippen LogP contribution in [0.3, 0.4) is 0 Å². The molecule has 0 bridgehead atoms. The highest BCUT2D eigenvalue weighted by Crippen LogP contribution is 2.26. The number of carbonyl (C=O) groups excluding carboxylic acids is 1. The second-order valence-electron chi connectivity index (χ2n) is 8.90. The molecule has 2 aromatic carbocycles. The van der Waals surface area contributed by atoms with Crippen molar-refractivity contribution in [2.45, 2.75) is 43.5 Å². The summed E-state index contributed by atoms with van der Waals surface area (Å²) in [6.45, 7) is 3.58. The summed E-state index contributed by atoms with van der Waals surface area (Å²) in [5.74, 6) is -0.0308. The number of carbonyl (C=O) groups is 1. The Bertz CT molecular complexity index is 994. The number of hydrogen-bond donors (Lipinski definition) is 0. The lowest BCUT2D eigenvalue weighted by molar-refractivity contribution is -0.135. The first-order valence-corrected chi connectivity index (χ1v) is 13.0. The van der Waals surface area contributed by atoms with E-state index in [1.54, 1.807) is 35.2 Å². The zero-order valence-corrected chi connectivity index (χ0v) is 19.6. The Labute approximate surface area is 191 Å². The van der Waals surface area contributed by atoms with Gasteiger partial charge in [-0.3, -0.25) is 4.79 Å². The predicted molar refractivity (Wildman–Crippen MR) is 127 cm³/mol. The summed E-state index contributed by atoms with van der Waals surface area (Å²) in [6, 6.07) is 17.1. The van der Waals surface area contributed by atoms with Gasteiger partial charge in [-0.1, -0.05) is 30.3 Å². The van der Waals surface area contributed by atoms with E-state index in [1.165, 1.54) is 29.3 Å². The SMILES string of the molecule is CN(Cc1ccc(N2CCCCC2)cc1)C(=O)C1CCN(S(=O)(=O)c2ccccc2)CC1. The third-order valence-corrected chi connectivity index (χ3v) is 8.55. The van der Waals surface area contributed by atoms with Crippen molar-refractivity contribution < 1.29 is 13.2 Å². The van der Waals surface area contributed by atoms with E-state index in [2.05, 4.69) is 29.2 Å². The molecule has 2 saturated heterocycles. The molecule has 0 N–H and O–H groups in total. The summed E-state index contributed by atoms with van der Waals surface area (Å²) < 4.78 is 27.1. The van der Waals surface area contributed by atoms with Crippen molar-refractivity contribution in [1.82, 2.24) is 9.21 Å². The van der Waals surface area contributed by atoms with Crippen molar-refractivity contribution in [3.63, 3.8) is 0 Å². The van der Waals surface area contributed by atoms with Crippen molar-refractivity contribution in [3.8, 4) is 0 Å². The van der Waals surface area contributed by atoms with Crippen LogP contribution in [0.4, 0.5) is 5.69 Å². The van der Waals surface area contributed by atoms with Crippen LogP contribution in [0.2, 0.25) is 0 Å². The maximum Gasteiger partial charge on any atom is 0.243 e. The molecule has 0 saturated carbocycles. The molecule has 6 nitrogen and oxygen atoms in total. The zero-order chi connectivity index (χ0) is 22.6. The van der Waals surface area contributed by atoms with Gasteiger partial charge in [0.25, 0.3) is 0 Å². The van der Waals surface area contributed by atoms with Crippen LogP contribution in [0.1, 0.15) is 37.7 Å². The number of amides is 1. The molecular formula is C25H33N3O3S. The van der Waals surface area contributed by atoms with E-state index in [9.17, 15) is 13.2 Å². The van der Waals surface area contributed by atoms with E-state index in [-0.39, 0.29) is 11.8 Å². The number of anilines is 1. The minimum atomic E-state index is -3.49. The quantitative estimate of drug-likeness (QED) is 0.666. The van der Waals surface area contributed by atoms with Crippen LogP contribution in [-0.4, -0.2) is 56.8 Å². The maximum atomic E-state index is 13.0. The monoisotopic (exact) mass is 455 g/mol. The van der Waals surface area contributed by atoms with Crippen molar-refractivity contribution >= 4 is 21.6 Å².